The predicted octanol–water partition coefficient (Wildman–Crippen LogP) is 1.82. The van der Waals surface area contributed by atoms with Crippen LogP contribution >= 0.6 is 0 Å². The van der Waals surface area contributed by atoms with Gasteiger partial charge in [-0.1, -0.05) is 18.6 Å². The van der Waals surface area contributed by atoms with E-state index in [0.29, 0.717) is 12.3 Å². The van der Waals surface area contributed by atoms with Gasteiger partial charge in [0, 0.05) is 0 Å². The summed E-state index contributed by atoms with van der Waals surface area (Å²) in [5, 5.41) is 0. The normalized spacial score (nSPS) is 43.5. The number of cyclic esters (lactones) is 2. The van der Waals surface area contributed by atoms with Crippen molar-refractivity contribution in [3.63, 3.8) is 0 Å². The minimum absolute atomic E-state index is 0.159. The van der Waals surface area contributed by atoms with Crippen LogP contribution in [0.5, 0.6) is 0 Å². The van der Waals surface area contributed by atoms with Gasteiger partial charge in [-0.3, -0.25) is 9.59 Å². The van der Waals surface area contributed by atoms with E-state index in [2.05, 4.69) is 12.2 Å². The Labute approximate surface area is 88.5 Å². The Hall–Kier alpha value is -1.12. The van der Waals surface area contributed by atoms with Crippen LogP contribution in [0.25, 0.3) is 0 Å². The molecule has 3 nitrogen and oxygen atoms in total. The van der Waals surface area contributed by atoms with Crippen LogP contribution in [0.1, 0.15) is 32.1 Å². The molecule has 80 valence electrons. The number of hydrogen-bond donors (Lipinski definition) is 0. The third-order valence-corrected chi connectivity index (χ3v) is 4.21. The Morgan fingerprint density at radius 1 is 1.33 bits per heavy atom. The molecule has 3 heteroatoms. The van der Waals surface area contributed by atoms with Crippen LogP contribution in [0.15, 0.2) is 12.2 Å². The Morgan fingerprint density at radius 3 is 3.07 bits per heavy atom. The van der Waals surface area contributed by atoms with E-state index in [9.17, 15) is 9.59 Å². The molecule has 1 aliphatic heterocycles. The maximum atomic E-state index is 11.8. The number of ether oxygens (including phenoxy) is 1. The zero-order valence-corrected chi connectivity index (χ0v) is 8.57. The molecule has 0 amide bonds. The fourth-order valence-corrected chi connectivity index (χ4v) is 3.49. The van der Waals surface area contributed by atoms with E-state index in [1.165, 1.54) is 0 Å². The first-order chi connectivity index (χ1) is 7.24. The monoisotopic (exact) mass is 206 g/mol. The van der Waals surface area contributed by atoms with Gasteiger partial charge in [0.15, 0.2) is 0 Å². The Bertz CT molecular complexity index is 358. The zero-order valence-electron chi connectivity index (χ0n) is 8.57. The second kappa shape index (κ2) is 2.94. The SMILES string of the molecule is O=C1OC(=O)C23CC=CCC(CCC2)C13. The van der Waals surface area contributed by atoms with Gasteiger partial charge in [0.25, 0.3) is 0 Å². The summed E-state index contributed by atoms with van der Waals surface area (Å²) in [5.74, 6) is -0.368. The number of carbonyl (C=O) groups is 2. The average molecular weight is 206 g/mol. The smallest absolute Gasteiger partial charge is 0.320 e. The van der Waals surface area contributed by atoms with E-state index >= 15 is 0 Å². The number of carbonyl (C=O) groups excluding carboxylic acids is 2. The summed E-state index contributed by atoms with van der Waals surface area (Å²) < 4.78 is 4.86. The lowest BCUT2D eigenvalue weighted by Gasteiger charge is -2.36. The van der Waals surface area contributed by atoms with Crippen molar-refractivity contribution in [2.24, 2.45) is 17.3 Å². The summed E-state index contributed by atoms with van der Waals surface area (Å²) in [6.07, 6.45) is 8.72. The first-order valence-electron chi connectivity index (χ1n) is 5.65. The Balaban J connectivity index is 2.10. The van der Waals surface area contributed by atoms with Gasteiger partial charge in [-0.05, 0) is 31.6 Å². The number of rotatable bonds is 0. The predicted molar refractivity (Wildman–Crippen MR) is 52.7 cm³/mol. The molecule has 2 bridgehead atoms. The van der Waals surface area contributed by atoms with Crippen molar-refractivity contribution in [1.82, 2.24) is 0 Å². The molecular formula is C12H14O3. The summed E-state index contributed by atoms with van der Waals surface area (Å²) in [6.45, 7) is 0. The van der Waals surface area contributed by atoms with E-state index < -0.39 is 5.41 Å². The van der Waals surface area contributed by atoms with Gasteiger partial charge < -0.3 is 4.74 Å². The number of esters is 2. The highest BCUT2D eigenvalue weighted by atomic mass is 16.6. The van der Waals surface area contributed by atoms with Crippen molar-refractivity contribution < 1.29 is 14.3 Å². The molecule has 3 unspecified atom stereocenters. The molecule has 0 aromatic heterocycles. The van der Waals surface area contributed by atoms with Crippen molar-refractivity contribution in [3.05, 3.63) is 12.2 Å². The molecule has 0 spiro atoms. The van der Waals surface area contributed by atoms with Gasteiger partial charge in [-0.15, -0.1) is 0 Å². The third kappa shape index (κ3) is 1.06. The van der Waals surface area contributed by atoms with Crippen molar-refractivity contribution in [3.8, 4) is 0 Å². The molecule has 0 aromatic carbocycles. The van der Waals surface area contributed by atoms with Gasteiger partial charge in [0.2, 0.25) is 0 Å². The van der Waals surface area contributed by atoms with Gasteiger partial charge >= 0.3 is 11.9 Å². The zero-order chi connectivity index (χ0) is 10.5. The first kappa shape index (κ1) is 9.13. The molecule has 1 saturated carbocycles. The standard InChI is InChI=1S/C12H14O3/c13-10-9-8-4-1-2-6-12(9,7-3-5-8)11(14)15-10/h1-2,8-9H,3-7H2. The van der Waals surface area contributed by atoms with E-state index in [-0.39, 0.29) is 17.9 Å². The van der Waals surface area contributed by atoms with E-state index in [1.54, 1.807) is 0 Å². The molecule has 0 N–H and O–H groups in total. The fourth-order valence-electron chi connectivity index (χ4n) is 3.49. The van der Waals surface area contributed by atoms with Gasteiger partial charge in [0.1, 0.15) is 0 Å². The van der Waals surface area contributed by atoms with E-state index in [4.69, 9.17) is 4.74 Å². The quantitative estimate of drug-likeness (QED) is 0.345. The molecule has 2 fully saturated rings. The summed E-state index contributed by atoms with van der Waals surface area (Å²) in [7, 11) is 0. The maximum Gasteiger partial charge on any atom is 0.320 e. The highest BCUT2D eigenvalue weighted by molar-refractivity contribution is 5.99. The molecule has 1 saturated heterocycles. The summed E-state index contributed by atoms with van der Waals surface area (Å²) >= 11 is 0. The average Bonchev–Trinajstić information content (AvgIpc) is 2.40. The van der Waals surface area contributed by atoms with Crippen LogP contribution in [0.3, 0.4) is 0 Å². The van der Waals surface area contributed by atoms with Crippen LogP contribution in [0.4, 0.5) is 0 Å². The summed E-state index contributed by atoms with van der Waals surface area (Å²) in [4.78, 5) is 23.5. The molecule has 15 heavy (non-hydrogen) atoms. The van der Waals surface area contributed by atoms with Crippen LogP contribution in [0.2, 0.25) is 0 Å². The van der Waals surface area contributed by atoms with Crippen molar-refractivity contribution in [1.29, 1.82) is 0 Å². The van der Waals surface area contributed by atoms with Crippen LogP contribution in [0, 0.1) is 17.3 Å². The number of hydrogen-bond acceptors (Lipinski definition) is 3. The minimum atomic E-state index is -0.493. The molecule has 0 radical (unpaired) electrons. The maximum absolute atomic E-state index is 11.8. The first-order valence-corrected chi connectivity index (χ1v) is 5.65. The van der Waals surface area contributed by atoms with Crippen molar-refractivity contribution in [2.45, 2.75) is 32.1 Å². The van der Waals surface area contributed by atoms with Crippen LogP contribution in [-0.2, 0) is 14.3 Å². The lowest BCUT2D eigenvalue weighted by atomic mass is 9.62. The highest BCUT2D eigenvalue weighted by Gasteiger charge is 2.60. The fraction of sp³-hybridized carbons (Fsp3) is 0.667. The molecule has 0 aromatic rings. The Kier molecular flexibility index (Phi) is 1.79. The highest BCUT2D eigenvalue weighted by Crippen LogP contribution is 2.54. The van der Waals surface area contributed by atoms with Crippen molar-refractivity contribution >= 4 is 11.9 Å². The van der Waals surface area contributed by atoms with Crippen molar-refractivity contribution in [2.75, 3.05) is 0 Å². The van der Waals surface area contributed by atoms with Crippen LogP contribution < -0.4 is 0 Å². The van der Waals surface area contributed by atoms with Crippen LogP contribution in [-0.4, -0.2) is 11.9 Å². The molecule has 1 heterocycles. The number of allylic oxidation sites excluding steroid dienone is 2. The molecule has 3 aliphatic rings. The van der Waals surface area contributed by atoms with Gasteiger partial charge in [0.05, 0.1) is 11.3 Å². The largest absolute Gasteiger partial charge is 0.392 e. The lowest BCUT2D eigenvalue weighted by Crippen LogP contribution is -2.40. The molecule has 2 aliphatic carbocycles. The van der Waals surface area contributed by atoms with E-state index in [0.717, 1.165) is 25.7 Å². The lowest BCUT2D eigenvalue weighted by molar-refractivity contribution is -0.155. The molecule has 3 rings (SSSR count). The third-order valence-electron chi connectivity index (χ3n) is 4.21. The summed E-state index contributed by atoms with van der Waals surface area (Å²) in [6, 6.07) is 0. The second-order valence-corrected chi connectivity index (χ2v) is 4.91. The van der Waals surface area contributed by atoms with Gasteiger partial charge in [-0.25, -0.2) is 0 Å². The van der Waals surface area contributed by atoms with Gasteiger partial charge in [-0.2, -0.15) is 0 Å². The Morgan fingerprint density at radius 2 is 2.20 bits per heavy atom. The molecule has 3 atom stereocenters. The van der Waals surface area contributed by atoms with E-state index in [1.807, 2.05) is 0 Å². The second-order valence-electron chi connectivity index (χ2n) is 4.91. The summed E-state index contributed by atoms with van der Waals surface area (Å²) in [5.41, 5.74) is -0.493. The minimum Gasteiger partial charge on any atom is -0.392 e. The topological polar surface area (TPSA) is 43.4 Å². The molecular weight excluding hydrogens is 192 g/mol.